The minimum atomic E-state index is -0.434. The van der Waals surface area contributed by atoms with Crippen molar-refractivity contribution in [2.75, 3.05) is 26.1 Å². The first kappa shape index (κ1) is 18.5. The van der Waals surface area contributed by atoms with Crippen LogP contribution in [0.25, 0.3) is 0 Å². The van der Waals surface area contributed by atoms with Gasteiger partial charge in [0, 0.05) is 50.4 Å². The molecular formula is C21H24N4O2. The van der Waals surface area contributed by atoms with Crippen molar-refractivity contribution in [1.82, 2.24) is 14.9 Å². The summed E-state index contributed by atoms with van der Waals surface area (Å²) >= 11 is 0. The molecule has 0 radical (unpaired) electrons. The molecule has 6 nitrogen and oxygen atoms in total. The second kappa shape index (κ2) is 7.95. The molecule has 0 aliphatic rings. The first-order valence-corrected chi connectivity index (χ1v) is 8.69. The number of amides is 1. The molecule has 0 aliphatic heterocycles. The predicted molar refractivity (Wildman–Crippen MR) is 106 cm³/mol. The highest BCUT2D eigenvalue weighted by molar-refractivity contribution is 5.95. The summed E-state index contributed by atoms with van der Waals surface area (Å²) in [5.41, 5.74) is 2.41. The fourth-order valence-electron chi connectivity index (χ4n) is 2.98. The molecule has 0 spiro atoms. The Balaban J connectivity index is 1.98. The fourth-order valence-corrected chi connectivity index (χ4v) is 2.98. The maximum absolute atomic E-state index is 13.0. The number of hydrogen-bond acceptors (Lipinski definition) is 4. The van der Waals surface area contributed by atoms with Crippen molar-refractivity contribution >= 4 is 11.6 Å². The minimum absolute atomic E-state index is 0.169. The van der Waals surface area contributed by atoms with Crippen LogP contribution in [0.15, 0.2) is 60.9 Å². The number of ether oxygens (including phenoxy) is 1. The number of nitrogens with one attached hydrogen (secondary N) is 1. The summed E-state index contributed by atoms with van der Waals surface area (Å²) in [4.78, 5) is 19.4. The molecule has 0 bridgehead atoms. The summed E-state index contributed by atoms with van der Waals surface area (Å²) in [6, 6.07) is 14.7. The van der Waals surface area contributed by atoms with Gasteiger partial charge in [-0.3, -0.25) is 4.79 Å². The van der Waals surface area contributed by atoms with Crippen LogP contribution in [0, 0.1) is 0 Å². The van der Waals surface area contributed by atoms with Gasteiger partial charge in [0.25, 0.3) is 5.91 Å². The average Bonchev–Trinajstić information content (AvgIpc) is 3.11. The van der Waals surface area contributed by atoms with Crippen molar-refractivity contribution < 1.29 is 9.53 Å². The van der Waals surface area contributed by atoms with Gasteiger partial charge < -0.3 is 19.5 Å². The Kier molecular flexibility index (Phi) is 5.45. The van der Waals surface area contributed by atoms with Crippen molar-refractivity contribution in [2.45, 2.75) is 6.04 Å². The fraction of sp³-hybridized carbons (Fsp3) is 0.238. The molecule has 6 heteroatoms. The standard InChI is InChI=1S/C21H24N4O2/c1-24(2)16-9-7-8-15(14-16)21(26)23-19(20-22-12-13-25(20)3)17-10-5-6-11-18(17)27-4/h5-14,19H,1-4H3,(H,23,26). The lowest BCUT2D eigenvalue weighted by atomic mass is 10.0. The summed E-state index contributed by atoms with van der Waals surface area (Å²) in [6.45, 7) is 0. The van der Waals surface area contributed by atoms with E-state index < -0.39 is 6.04 Å². The number of aryl methyl sites for hydroxylation is 1. The van der Waals surface area contributed by atoms with E-state index in [9.17, 15) is 4.79 Å². The SMILES string of the molecule is COc1ccccc1C(NC(=O)c1cccc(N(C)C)c1)c1nccn1C. The molecule has 0 fully saturated rings. The van der Waals surface area contributed by atoms with E-state index in [4.69, 9.17) is 4.74 Å². The van der Waals surface area contributed by atoms with Gasteiger partial charge in [-0.25, -0.2) is 4.98 Å². The largest absolute Gasteiger partial charge is 0.496 e. The Labute approximate surface area is 159 Å². The zero-order valence-corrected chi connectivity index (χ0v) is 16.0. The van der Waals surface area contributed by atoms with Gasteiger partial charge in [-0.05, 0) is 24.3 Å². The van der Waals surface area contributed by atoms with Crippen LogP contribution in [0.2, 0.25) is 0 Å². The van der Waals surface area contributed by atoms with Crippen LogP contribution in [-0.2, 0) is 7.05 Å². The molecule has 1 atom stereocenters. The first-order valence-electron chi connectivity index (χ1n) is 8.69. The van der Waals surface area contributed by atoms with Crippen molar-refractivity contribution in [1.29, 1.82) is 0 Å². The number of carbonyl (C=O) groups is 1. The summed E-state index contributed by atoms with van der Waals surface area (Å²) in [5.74, 6) is 1.27. The van der Waals surface area contributed by atoms with E-state index in [2.05, 4.69) is 10.3 Å². The monoisotopic (exact) mass is 364 g/mol. The van der Waals surface area contributed by atoms with E-state index in [1.54, 1.807) is 19.4 Å². The lowest BCUT2D eigenvalue weighted by molar-refractivity contribution is 0.0941. The van der Waals surface area contributed by atoms with Gasteiger partial charge in [0.1, 0.15) is 17.6 Å². The number of benzene rings is 2. The molecule has 27 heavy (non-hydrogen) atoms. The van der Waals surface area contributed by atoms with E-state index in [1.165, 1.54) is 0 Å². The summed E-state index contributed by atoms with van der Waals surface area (Å²) in [5, 5.41) is 3.11. The van der Waals surface area contributed by atoms with Crippen LogP contribution in [0.3, 0.4) is 0 Å². The Morgan fingerprint density at radius 2 is 1.96 bits per heavy atom. The number of imidazole rings is 1. The van der Waals surface area contributed by atoms with E-state index in [0.717, 1.165) is 17.1 Å². The molecule has 0 saturated carbocycles. The van der Waals surface area contributed by atoms with Crippen LogP contribution in [0.5, 0.6) is 5.75 Å². The van der Waals surface area contributed by atoms with Crippen LogP contribution < -0.4 is 15.0 Å². The Morgan fingerprint density at radius 3 is 2.63 bits per heavy atom. The number of hydrogen-bond donors (Lipinski definition) is 1. The number of para-hydroxylation sites is 1. The molecule has 1 heterocycles. The number of carbonyl (C=O) groups excluding carboxylic acids is 1. The molecule has 3 rings (SSSR count). The number of rotatable bonds is 6. The zero-order chi connectivity index (χ0) is 19.4. The highest BCUT2D eigenvalue weighted by Gasteiger charge is 2.24. The number of aromatic nitrogens is 2. The second-order valence-corrected chi connectivity index (χ2v) is 6.49. The minimum Gasteiger partial charge on any atom is -0.496 e. The molecule has 1 unspecified atom stereocenters. The van der Waals surface area contributed by atoms with Crippen molar-refractivity contribution in [3.63, 3.8) is 0 Å². The number of anilines is 1. The first-order chi connectivity index (χ1) is 13.0. The van der Waals surface area contributed by atoms with Gasteiger partial charge >= 0.3 is 0 Å². The molecule has 140 valence electrons. The van der Waals surface area contributed by atoms with Gasteiger partial charge in [0.05, 0.1) is 7.11 Å². The molecule has 1 amide bonds. The Bertz CT molecular complexity index is 933. The maximum Gasteiger partial charge on any atom is 0.252 e. The maximum atomic E-state index is 13.0. The van der Waals surface area contributed by atoms with Crippen LogP contribution in [-0.4, -0.2) is 36.7 Å². The third-order valence-corrected chi connectivity index (χ3v) is 4.47. The van der Waals surface area contributed by atoms with E-state index >= 15 is 0 Å². The Morgan fingerprint density at radius 1 is 1.19 bits per heavy atom. The van der Waals surface area contributed by atoms with Gasteiger partial charge in [-0.2, -0.15) is 0 Å². The summed E-state index contributed by atoms with van der Waals surface area (Å²) < 4.78 is 7.40. The highest BCUT2D eigenvalue weighted by Crippen LogP contribution is 2.29. The number of nitrogens with zero attached hydrogens (tertiary/aromatic N) is 3. The quantitative estimate of drug-likeness (QED) is 0.730. The normalized spacial score (nSPS) is 11.7. The topological polar surface area (TPSA) is 59.4 Å². The van der Waals surface area contributed by atoms with E-state index in [-0.39, 0.29) is 5.91 Å². The molecular weight excluding hydrogens is 340 g/mol. The van der Waals surface area contributed by atoms with Crippen molar-refractivity contribution in [2.24, 2.45) is 7.05 Å². The van der Waals surface area contributed by atoms with Crippen LogP contribution in [0.1, 0.15) is 27.8 Å². The molecule has 3 aromatic rings. The predicted octanol–water partition coefficient (Wildman–Crippen LogP) is 3.01. The third kappa shape index (κ3) is 3.95. The molecule has 2 aromatic carbocycles. The third-order valence-electron chi connectivity index (χ3n) is 4.47. The van der Waals surface area contributed by atoms with Crippen molar-refractivity contribution in [3.8, 4) is 5.75 Å². The van der Waals surface area contributed by atoms with E-state index in [1.807, 2.05) is 79.3 Å². The molecule has 1 N–H and O–H groups in total. The van der Waals surface area contributed by atoms with Gasteiger partial charge in [0.2, 0.25) is 0 Å². The van der Waals surface area contributed by atoms with E-state index in [0.29, 0.717) is 11.3 Å². The highest BCUT2D eigenvalue weighted by atomic mass is 16.5. The van der Waals surface area contributed by atoms with Crippen LogP contribution in [0.4, 0.5) is 5.69 Å². The number of methoxy groups -OCH3 is 1. The van der Waals surface area contributed by atoms with Gasteiger partial charge in [0.15, 0.2) is 0 Å². The van der Waals surface area contributed by atoms with Gasteiger partial charge in [-0.15, -0.1) is 0 Å². The second-order valence-electron chi connectivity index (χ2n) is 6.49. The lowest BCUT2D eigenvalue weighted by Gasteiger charge is -2.21. The zero-order valence-electron chi connectivity index (χ0n) is 16.0. The molecule has 0 saturated heterocycles. The lowest BCUT2D eigenvalue weighted by Crippen LogP contribution is -2.31. The van der Waals surface area contributed by atoms with Crippen LogP contribution >= 0.6 is 0 Å². The van der Waals surface area contributed by atoms with Gasteiger partial charge in [-0.1, -0.05) is 24.3 Å². The van der Waals surface area contributed by atoms with Crippen molar-refractivity contribution in [3.05, 3.63) is 77.9 Å². The average molecular weight is 364 g/mol. The smallest absolute Gasteiger partial charge is 0.252 e. The Hall–Kier alpha value is -3.28. The summed E-state index contributed by atoms with van der Waals surface area (Å²) in [6.07, 6.45) is 3.58. The molecule has 0 aliphatic carbocycles. The summed E-state index contributed by atoms with van der Waals surface area (Å²) in [7, 11) is 7.42. The molecule has 1 aromatic heterocycles.